The Morgan fingerprint density at radius 2 is 1.63 bits per heavy atom. The van der Waals surface area contributed by atoms with Crippen LogP contribution in [0.2, 0.25) is 0 Å². The second-order valence-electron chi connectivity index (χ2n) is 8.23. The number of Topliss-reactive ketones (excluding diaryl/α,β-unsaturated/α-hetero) is 2. The van der Waals surface area contributed by atoms with Crippen LogP contribution >= 0.6 is 0 Å². The molecule has 1 aliphatic heterocycles. The van der Waals surface area contributed by atoms with Gasteiger partial charge in [-0.15, -0.1) is 0 Å². The number of carbonyl (C=O) groups excluding carboxylic acids is 2. The van der Waals surface area contributed by atoms with Gasteiger partial charge < -0.3 is 9.15 Å². The van der Waals surface area contributed by atoms with Crippen LogP contribution in [0.15, 0.2) is 69.4 Å². The second-order valence-corrected chi connectivity index (χ2v) is 8.23. The van der Waals surface area contributed by atoms with Crippen molar-refractivity contribution in [1.82, 2.24) is 0 Å². The standard InChI is InChI=1S/C25H18O5/c26-22-10-7-14-19-11-18-13(12-29-20(19)8-9-21(14)30-22)5-6-17-23(18)25(28)16-4-2-1-3-15(16)24(17)27/h1-5,7-10,17-18,23H,6,11-12H2/t17-,18+,23-/m0/s1. The van der Waals surface area contributed by atoms with Crippen LogP contribution in [0.5, 0.6) is 5.75 Å². The zero-order chi connectivity index (χ0) is 20.4. The predicted octanol–water partition coefficient (Wildman–Crippen LogP) is 3.99. The Morgan fingerprint density at radius 1 is 0.833 bits per heavy atom. The number of hydrogen-bond acceptors (Lipinski definition) is 5. The number of benzene rings is 2. The Morgan fingerprint density at radius 3 is 2.47 bits per heavy atom. The quantitative estimate of drug-likeness (QED) is 0.423. The zero-order valence-electron chi connectivity index (χ0n) is 16.1. The van der Waals surface area contributed by atoms with Crippen molar-refractivity contribution in [2.45, 2.75) is 12.8 Å². The summed E-state index contributed by atoms with van der Waals surface area (Å²) in [7, 11) is 0. The van der Waals surface area contributed by atoms with Crippen LogP contribution in [0.4, 0.5) is 0 Å². The molecule has 2 aliphatic carbocycles. The molecule has 0 unspecified atom stereocenters. The largest absolute Gasteiger partial charge is 0.489 e. The molecule has 0 saturated carbocycles. The maximum absolute atomic E-state index is 13.5. The lowest BCUT2D eigenvalue weighted by Gasteiger charge is -2.39. The third-order valence-electron chi connectivity index (χ3n) is 6.76. The molecule has 0 radical (unpaired) electrons. The van der Waals surface area contributed by atoms with Crippen molar-refractivity contribution in [3.63, 3.8) is 0 Å². The van der Waals surface area contributed by atoms with Crippen LogP contribution in [0.25, 0.3) is 11.0 Å². The summed E-state index contributed by atoms with van der Waals surface area (Å²) in [6.07, 6.45) is 3.21. The molecule has 3 atom stereocenters. The van der Waals surface area contributed by atoms with E-state index >= 15 is 0 Å². The van der Waals surface area contributed by atoms with Crippen LogP contribution in [0.1, 0.15) is 32.7 Å². The van der Waals surface area contributed by atoms with Crippen LogP contribution in [-0.2, 0) is 6.42 Å². The van der Waals surface area contributed by atoms with Crippen LogP contribution in [-0.4, -0.2) is 18.2 Å². The summed E-state index contributed by atoms with van der Waals surface area (Å²) in [5, 5.41) is 0.811. The minimum absolute atomic E-state index is 0.0426. The summed E-state index contributed by atoms with van der Waals surface area (Å²) < 4.78 is 11.4. The maximum Gasteiger partial charge on any atom is 0.336 e. The number of rotatable bonds is 0. The minimum atomic E-state index is -0.403. The van der Waals surface area contributed by atoms with Gasteiger partial charge in [0.25, 0.3) is 0 Å². The van der Waals surface area contributed by atoms with E-state index in [1.165, 1.54) is 6.07 Å². The van der Waals surface area contributed by atoms with Gasteiger partial charge in [-0.25, -0.2) is 4.79 Å². The number of ether oxygens (including phenoxy) is 1. The van der Waals surface area contributed by atoms with Crippen molar-refractivity contribution in [2.75, 3.05) is 6.61 Å². The van der Waals surface area contributed by atoms with Crippen LogP contribution in [0, 0.1) is 17.8 Å². The van der Waals surface area contributed by atoms with Crippen molar-refractivity contribution < 1.29 is 18.7 Å². The molecule has 5 heteroatoms. The molecule has 0 spiro atoms. The molecule has 0 bridgehead atoms. The zero-order valence-corrected chi connectivity index (χ0v) is 16.1. The monoisotopic (exact) mass is 398 g/mol. The second kappa shape index (κ2) is 6.26. The summed E-state index contributed by atoms with van der Waals surface area (Å²) >= 11 is 0. The van der Waals surface area contributed by atoms with Crippen LogP contribution in [0.3, 0.4) is 0 Å². The highest BCUT2D eigenvalue weighted by atomic mass is 16.5. The number of hydrogen-bond donors (Lipinski definition) is 0. The Balaban J connectivity index is 1.51. The normalized spacial score (nSPS) is 24.7. The Bertz CT molecular complexity index is 1330. The Labute approximate surface area is 172 Å². The lowest BCUT2D eigenvalue weighted by Crippen LogP contribution is -2.44. The highest BCUT2D eigenvalue weighted by molar-refractivity contribution is 6.16. The summed E-state index contributed by atoms with van der Waals surface area (Å²) in [4.78, 5) is 38.3. The first-order chi connectivity index (χ1) is 14.6. The van der Waals surface area contributed by atoms with Gasteiger partial charge in [0.2, 0.25) is 0 Å². The molecular formula is C25H18O5. The number of carbonyl (C=O) groups is 2. The lowest BCUT2D eigenvalue weighted by molar-refractivity contribution is 0.0666. The van der Waals surface area contributed by atoms with E-state index < -0.39 is 11.5 Å². The maximum atomic E-state index is 13.5. The van der Waals surface area contributed by atoms with Gasteiger partial charge in [0.15, 0.2) is 11.6 Å². The van der Waals surface area contributed by atoms with Gasteiger partial charge in [-0.3, -0.25) is 9.59 Å². The molecule has 0 amide bonds. The van der Waals surface area contributed by atoms with Gasteiger partial charge in [0.05, 0.1) is 0 Å². The van der Waals surface area contributed by atoms with E-state index in [0.717, 1.165) is 22.3 Å². The van der Waals surface area contributed by atoms with E-state index in [-0.39, 0.29) is 23.4 Å². The number of ketones is 2. The van der Waals surface area contributed by atoms with E-state index in [1.54, 1.807) is 24.3 Å². The molecule has 1 aromatic heterocycles. The highest BCUT2D eigenvalue weighted by Gasteiger charge is 2.48. The third-order valence-corrected chi connectivity index (χ3v) is 6.76. The number of fused-ring (bicyclic) bond motifs is 7. The molecule has 5 nitrogen and oxygen atoms in total. The number of allylic oxidation sites excluding steroid dienone is 1. The van der Waals surface area contributed by atoms with E-state index in [1.807, 2.05) is 18.2 Å². The van der Waals surface area contributed by atoms with Gasteiger partial charge >= 0.3 is 5.63 Å². The van der Waals surface area contributed by atoms with Gasteiger partial charge in [0, 0.05) is 40.0 Å². The summed E-state index contributed by atoms with van der Waals surface area (Å²) in [5.74, 6) is -0.0186. The van der Waals surface area contributed by atoms with Gasteiger partial charge in [-0.05, 0) is 42.5 Å². The minimum Gasteiger partial charge on any atom is -0.489 e. The fraction of sp³-hybridized carbons (Fsp3) is 0.240. The average molecular weight is 398 g/mol. The molecule has 0 N–H and O–H groups in total. The lowest BCUT2D eigenvalue weighted by atomic mass is 9.62. The van der Waals surface area contributed by atoms with Gasteiger partial charge in [-0.2, -0.15) is 0 Å². The van der Waals surface area contributed by atoms with E-state index in [9.17, 15) is 14.4 Å². The van der Waals surface area contributed by atoms with Crippen LogP contribution < -0.4 is 10.4 Å². The van der Waals surface area contributed by atoms with E-state index in [2.05, 4.69) is 6.08 Å². The van der Waals surface area contributed by atoms with E-state index in [0.29, 0.717) is 36.2 Å². The molecule has 0 saturated heterocycles. The van der Waals surface area contributed by atoms with Crippen molar-refractivity contribution in [3.8, 4) is 5.75 Å². The summed E-state index contributed by atoms with van der Waals surface area (Å²) in [6.45, 7) is 0.395. The molecule has 6 rings (SSSR count). The summed E-state index contributed by atoms with van der Waals surface area (Å²) in [6, 6.07) is 13.9. The molecule has 3 aromatic rings. The molecule has 3 aliphatic rings. The topological polar surface area (TPSA) is 73.6 Å². The fourth-order valence-corrected chi connectivity index (χ4v) is 5.35. The van der Waals surface area contributed by atoms with Crippen molar-refractivity contribution in [1.29, 1.82) is 0 Å². The van der Waals surface area contributed by atoms with Gasteiger partial charge in [-0.1, -0.05) is 30.3 Å². The fourth-order valence-electron chi connectivity index (χ4n) is 5.35. The Kier molecular flexibility index (Phi) is 3.63. The van der Waals surface area contributed by atoms with Crippen molar-refractivity contribution in [3.05, 3.63) is 87.3 Å². The molecule has 30 heavy (non-hydrogen) atoms. The molecule has 148 valence electrons. The van der Waals surface area contributed by atoms with Crippen molar-refractivity contribution >= 4 is 22.5 Å². The third kappa shape index (κ3) is 2.38. The molecule has 0 fully saturated rings. The van der Waals surface area contributed by atoms with E-state index in [4.69, 9.17) is 9.15 Å². The molecular weight excluding hydrogens is 380 g/mol. The SMILES string of the molecule is O=C1c2ccccc2C(=O)[C@H]2CC=C3COc4ccc5oc(=O)ccc5c4C[C@H]3[C@@H]12. The highest BCUT2D eigenvalue weighted by Crippen LogP contribution is 2.47. The summed E-state index contributed by atoms with van der Waals surface area (Å²) in [5.41, 5.74) is 3.15. The average Bonchev–Trinajstić information content (AvgIpc) is 2.96. The first-order valence-electron chi connectivity index (χ1n) is 10.2. The first kappa shape index (κ1) is 17.4. The van der Waals surface area contributed by atoms with Gasteiger partial charge in [0.1, 0.15) is 17.9 Å². The molecule has 2 aromatic carbocycles. The first-order valence-corrected chi connectivity index (χ1v) is 10.2. The van der Waals surface area contributed by atoms with Crippen molar-refractivity contribution in [2.24, 2.45) is 17.8 Å². The molecule has 2 heterocycles. The predicted molar refractivity (Wildman–Crippen MR) is 110 cm³/mol. The smallest absolute Gasteiger partial charge is 0.336 e. The Hall–Kier alpha value is -3.47.